The monoisotopic (exact) mass is 265 g/mol. The zero-order chi connectivity index (χ0) is 13.8. The van der Waals surface area contributed by atoms with Crippen molar-refractivity contribution in [3.63, 3.8) is 0 Å². The van der Waals surface area contributed by atoms with Gasteiger partial charge in [0, 0.05) is 12.1 Å². The Morgan fingerprint density at radius 1 is 1.47 bits per heavy atom. The first-order valence-corrected chi connectivity index (χ1v) is 5.19. The summed E-state index contributed by atoms with van der Waals surface area (Å²) in [4.78, 5) is 21.8. The Morgan fingerprint density at radius 2 is 2.26 bits per heavy atom. The molecule has 98 valence electrons. The largest absolute Gasteiger partial charge is 0.364 e. The average Bonchev–Trinajstić information content (AvgIpc) is 2.88. The number of benzene rings is 1. The molecule has 7 nitrogen and oxygen atoms in total. The molecule has 1 amide bonds. The van der Waals surface area contributed by atoms with Crippen LogP contribution in [0.25, 0.3) is 0 Å². The quantitative estimate of drug-likeness (QED) is 0.669. The second-order valence-corrected chi connectivity index (χ2v) is 3.59. The molecule has 1 N–H and O–H groups in total. The topological polar surface area (TPSA) is 98.3 Å². The highest BCUT2D eigenvalue weighted by Crippen LogP contribution is 2.19. The third-order valence-electron chi connectivity index (χ3n) is 2.32. The summed E-state index contributed by atoms with van der Waals surface area (Å²) in [5, 5.41) is 16.7. The zero-order valence-corrected chi connectivity index (χ0v) is 9.50. The molecule has 0 fully saturated rings. The molecule has 0 aliphatic heterocycles. The number of rotatable bonds is 4. The lowest BCUT2D eigenvalue weighted by atomic mass is 10.1. The number of hydrogen-bond acceptors (Lipinski definition) is 5. The van der Waals surface area contributed by atoms with Crippen molar-refractivity contribution in [1.29, 1.82) is 0 Å². The number of nitro benzene ring substituents is 1. The molecule has 0 spiro atoms. The van der Waals surface area contributed by atoms with Gasteiger partial charge < -0.3 is 9.84 Å². The summed E-state index contributed by atoms with van der Waals surface area (Å²) in [6, 6.07) is 4.21. The lowest BCUT2D eigenvalue weighted by Crippen LogP contribution is -2.24. The molecule has 1 aromatic carbocycles. The van der Waals surface area contributed by atoms with E-state index in [9.17, 15) is 19.3 Å². The summed E-state index contributed by atoms with van der Waals surface area (Å²) in [5.41, 5.74) is -0.347. The van der Waals surface area contributed by atoms with Crippen LogP contribution < -0.4 is 5.32 Å². The van der Waals surface area contributed by atoms with Gasteiger partial charge in [0.15, 0.2) is 0 Å². The van der Waals surface area contributed by atoms with Crippen molar-refractivity contribution < 1.29 is 18.6 Å². The van der Waals surface area contributed by atoms with Crippen molar-refractivity contribution in [1.82, 2.24) is 10.5 Å². The maximum atomic E-state index is 13.1. The Hall–Kier alpha value is -2.77. The first kappa shape index (κ1) is 12.7. The van der Waals surface area contributed by atoms with Crippen LogP contribution in [0.15, 0.2) is 35.1 Å². The molecule has 1 heterocycles. The number of aromatic nitrogens is 1. The van der Waals surface area contributed by atoms with Crippen LogP contribution in [0.5, 0.6) is 0 Å². The minimum absolute atomic E-state index is 0.0308. The summed E-state index contributed by atoms with van der Waals surface area (Å²) in [5.74, 6) is -1.48. The maximum Gasteiger partial charge on any atom is 0.282 e. The van der Waals surface area contributed by atoms with Crippen molar-refractivity contribution in [3.8, 4) is 0 Å². The van der Waals surface area contributed by atoms with Gasteiger partial charge in [-0.1, -0.05) is 5.16 Å². The van der Waals surface area contributed by atoms with Gasteiger partial charge in [-0.3, -0.25) is 14.9 Å². The van der Waals surface area contributed by atoms with E-state index in [4.69, 9.17) is 0 Å². The molecule has 2 aromatic rings. The van der Waals surface area contributed by atoms with Crippen LogP contribution >= 0.6 is 0 Å². The fourth-order valence-corrected chi connectivity index (χ4v) is 1.44. The summed E-state index contributed by atoms with van der Waals surface area (Å²) < 4.78 is 17.6. The van der Waals surface area contributed by atoms with Gasteiger partial charge in [0.05, 0.1) is 11.5 Å². The third-order valence-corrected chi connectivity index (χ3v) is 2.32. The van der Waals surface area contributed by atoms with Gasteiger partial charge in [-0.05, 0) is 12.1 Å². The predicted octanol–water partition coefficient (Wildman–Crippen LogP) is 1.65. The van der Waals surface area contributed by atoms with Crippen LogP contribution in [0.4, 0.5) is 10.1 Å². The minimum atomic E-state index is -0.755. The summed E-state index contributed by atoms with van der Waals surface area (Å²) >= 11 is 0. The molecule has 0 saturated carbocycles. The summed E-state index contributed by atoms with van der Waals surface area (Å²) in [7, 11) is 0. The van der Waals surface area contributed by atoms with Crippen LogP contribution in [0.3, 0.4) is 0 Å². The van der Waals surface area contributed by atoms with Crippen molar-refractivity contribution in [3.05, 3.63) is 57.7 Å². The molecular weight excluding hydrogens is 257 g/mol. The number of carbonyl (C=O) groups excluding carboxylic acids is 1. The van der Waals surface area contributed by atoms with Crippen LogP contribution in [0.1, 0.15) is 16.1 Å². The van der Waals surface area contributed by atoms with Gasteiger partial charge in [0.1, 0.15) is 23.3 Å². The molecule has 0 aliphatic carbocycles. The fraction of sp³-hybridized carbons (Fsp3) is 0.0909. The maximum absolute atomic E-state index is 13.1. The van der Waals surface area contributed by atoms with Crippen LogP contribution in [-0.4, -0.2) is 16.0 Å². The molecule has 0 saturated heterocycles. The molecule has 0 unspecified atom stereocenters. The minimum Gasteiger partial charge on any atom is -0.364 e. The van der Waals surface area contributed by atoms with E-state index in [0.29, 0.717) is 5.69 Å². The van der Waals surface area contributed by atoms with Crippen LogP contribution in [-0.2, 0) is 6.54 Å². The normalized spacial score (nSPS) is 10.2. The standard InChI is InChI=1S/C11H8FN3O4/c12-7-1-2-10(15(17)18)9(5-7)11(16)13-6-8-3-4-19-14-8/h1-5H,6H2,(H,13,16). The smallest absolute Gasteiger partial charge is 0.282 e. The van der Waals surface area contributed by atoms with Crippen LogP contribution in [0, 0.1) is 15.9 Å². The van der Waals surface area contributed by atoms with E-state index in [2.05, 4.69) is 15.0 Å². The molecule has 19 heavy (non-hydrogen) atoms. The first-order valence-electron chi connectivity index (χ1n) is 5.19. The molecule has 8 heteroatoms. The van der Waals surface area contributed by atoms with Crippen molar-refractivity contribution in [2.24, 2.45) is 0 Å². The van der Waals surface area contributed by atoms with E-state index in [1.54, 1.807) is 0 Å². The molecule has 0 atom stereocenters. The van der Waals surface area contributed by atoms with Gasteiger partial charge in [-0.25, -0.2) is 4.39 Å². The van der Waals surface area contributed by atoms with Gasteiger partial charge >= 0.3 is 0 Å². The molecular formula is C11H8FN3O4. The highest BCUT2D eigenvalue weighted by atomic mass is 19.1. The second kappa shape index (κ2) is 5.25. The highest BCUT2D eigenvalue weighted by Gasteiger charge is 2.20. The Kier molecular flexibility index (Phi) is 3.51. The van der Waals surface area contributed by atoms with E-state index in [1.807, 2.05) is 0 Å². The summed E-state index contributed by atoms with van der Waals surface area (Å²) in [6.45, 7) is 0.0308. The SMILES string of the molecule is O=C(NCc1ccon1)c1cc(F)ccc1[N+](=O)[O-]. The van der Waals surface area contributed by atoms with E-state index in [0.717, 1.165) is 18.2 Å². The Morgan fingerprint density at radius 3 is 2.89 bits per heavy atom. The lowest BCUT2D eigenvalue weighted by molar-refractivity contribution is -0.385. The number of nitrogens with zero attached hydrogens (tertiary/aromatic N) is 2. The number of amides is 1. The number of carbonyl (C=O) groups is 1. The number of halogens is 1. The fourth-order valence-electron chi connectivity index (χ4n) is 1.44. The Labute approximate surface area is 106 Å². The number of hydrogen-bond donors (Lipinski definition) is 1. The Bertz CT molecular complexity index is 612. The van der Waals surface area contributed by atoms with Gasteiger partial charge in [-0.2, -0.15) is 0 Å². The second-order valence-electron chi connectivity index (χ2n) is 3.59. The molecule has 0 bridgehead atoms. The van der Waals surface area contributed by atoms with E-state index >= 15 is 0 Å². The average molecular weight is 265 g/mol. The molecule has 0 radical (unpaired) electrons. The van der Waals surface area contributed by atoms with Crippen LogP contribution in [0.2, 0.25) is 0 Å². The van der Waals surface area contributed by atoms with Gasteiger partial charge in [0.25, 0.3) is 11.6 Å². The van der Waals surface area contributed by atoms with Crippen molar-refractivity contribution in [2.75, 3.05) is 0 Å². The lowest BCUT2D eigenvalue weighted by Gasteiger charge is -2.04. The van der Waals surface area contributed by atoms with Gasteiger partial charge in [-0.15, -0.1) is 0 Å². The van der Waals surface area contributed by atoms with Crippen molar-refractivity contribution in [2.45, 2.75) is 6.54 Å². The van der Waals surface area contributed by atoms with E-state index < -0.39 is 22.3 Å². The number of nitro groups is 1. The van der Waals surface area contributed by atoms with E-state index in [1.165, 1.54) is 12.3 Å². The van der Waals surface area contributed by atoms with Gasteiger partial charge in [0.2, 0.25) is 0 Å². The van der Waals surface area contributed by atoms with E-state index in [-0.39, 0.29) is 12.1 Å². The molecule has 1 aromatic heterocycles. The van der Waals surface area contributed by atoms with Crippen molar-refractivity contribution >= 4 is 11.6 Å². The third kappa shape index (κ3) is 2.92. The summed E-state index contributed by atoms with van der Waals surface area (Å²) in [6.07, 6.45) is 1.33. The first-order chi connectivity index (χ1) is 9.08. The molecule has 2 rings (SSSR count). The predicted molar refractivity (Wildman–Crippen MR) is 60.7 cm³/mol. The Balaban J connectivity index is 2.18. The number of nitrogens with one attached hydrogen (secondary N) is 1. The molecule has 0 aliphatic rings. The zero-order valence-electron chi connectivity index (χ0n) is 9.50. The highest BCUT2D eigenvalue weighted by molar-refractivity contribution is 5.98.